The number of nitrogens with one attached hydrogen (secondary N) is 1. The van der Waals surface area contributed by atoms with Crippen molar-refractivity contribution in [2.24, 2.45) is 5.73 Å². The number of hydrogen-bond acceptors (Lipinski definition) is 2. The summed E-state index contributed by atoms with van der Waals surface area (Å²) in [6, 6.07) is 0.464. The van der Waals surface area contributed by atoms with Crippen LogP contribution in [-0.2, 0) is 0 Å². The maximum atomic E-state index is 6.22. The number of unbranched alkanes of at least 4 members (excludes halogenated alkanes) is 11. The SMILES string of the molecule is CCCCCCCCC(N)CCCCCCCCCNCC. The molecule has 0 saturated heterocycles. The van der Waals surface area contributed by atoms with Crippen LogP contribution in [-0.4, -0.2) is 19.1 Å². The predicted molar refractivity (Wildman–Crippen MR) is 101 cm³/mol. The normalized spacial score (nSPS) is 12.7. The van der Waals surface area contributed by atoms with Crippen molar-refractivity contribution >= 4 is 0 Å². The Bertz CT molecular complexity index is 194. The van der Waals surface area contributed by atoms with Crippen molar-refractivity contribution in [3.8, 4) is 0 Å². The standard InChI is InChI=1S/C20H44N2/c1-3-5-6-7-11-14-17-20(21)18-15-12-9-8-10-13-16-19-22-4-2/h20,22H,3-19,21H2,1-2H3. The van der Waals surface area contributed by atoms with E-state index < -0.39 is 0 Å². The molecule has 0 heterocycles. The quantitative estimate of drug-likeness (QED) is 0.314. The summed E-state index contributed by atoms with van der Waals surface area (Å²) in [7, 11) is 0. The van der Waals surface area contributed by atoms with Gasteiger partial charge in [-0.15, -0.1) is 0 Å². The van der Waals surface area contributed by atoms with Crippen molar-refractivity contribution < 1.29 is 0 Å². The lowest BCUT2D eigenvalue weighted by Crippen LogP contribution is -2.19. The molecule has 0 saturated carbocycles. The van der Waals surface area contributed by atoms with Crippen molar-refractivity contribution in [1.29, 1.82) is 0 Å². The first-order chi connectivity index (χ1) is 10.8. The van der Waals surface area contributed by atoms with Crippen molar-refractivity contribution in [2.75, 3.05) is 13.1 Å². The largest absolute Gasteiger partial charge is 0.328 e. The lowest BCUT2D eigenvalue weighted by Gasteiger charge is -2.11. The van der Waals surface area contributed by atoms with E-state index in [0.717, 1.165) is 6.54 Å². The highest BCUT2D eigenvalue weighted by molar-refractivity contribution is 4.62. The minimum atomic E-state index is 0.464. The summed E-state index contributed by atoms with van der Waals surface area (Å²) < 4.78 is 0. The molecule has 0 rings (SSSR count). The average molecular weight is 313 g/mol. The molecule has 1 atom stereocenters. The molecule has 0 amide bonds. The van der Waals surface area contributed by atoms with E-state index in [4.69, 9.17) is 5.73 Å². The molecule has 0 aromatic carbocycles. The fourth-order valence-electron chi connectivity index (χ4n) is 3.05. The van der Waals surface area contributed by atoms with Crippen molar-refractivity contribution in [1.82, 2.24) is 5.32 Å². The van der Waals surface area contributed by atoms with E-state index in [1.165, 1.54) is 103 Å². The van der Waals surface area contributed by atoms with E-state index in [2.05, 4.69) is 19.2 Å². The van der Waals surface area contributed by atoms with Crippen LogP contribution in [0.5, 0.6) is 0 Å². The van der Waals surface area contributed by atoms with Gasteiger partial charge >= 0.3 is 0 Å². The summed E-state index contributed by atoms with van der Waals surface area (Å²) in [5, 5.41) is 3.39. The summed E-state index contributed by atoms with van der Waals surface area (Å²) in [5.74, 6) is 0. The van der Waals surface area contributed by atoms with Crippen LogP contribution in [0.4, 0.5) is 0 Å². The molecule has 0 aliphatic heterocycles. The topological polar surface area (TPSA) is 38.0 Å². The Kier molecular flexibility index (Phi) is 18.9. The molecule has 0 aliphatic carbocycles. The lowest BCUT2D eigenvalue weighted by molar-refractivity contribution is 0.481. The number of rotatable bonds is 18. The Morgan fingerprint density at radius 2 is 1.09 bits per heavy atom. The van der Waals surface area contributed by atoms with Crippen molar-refractivity contribution in [3.05, 3.63) is 0 Å². The van der Waals surface area contributed by atoms with Crippen LogP contribution in [0, 0.1) is 0 Å². The van der Waals surface area contributed by atoms with E-state index >= 15 is 0 Å². The molecule has 0 fully saturated rings. The zero-order chi connectivity index (χ0) is 16.3. The van der Waals surface area contributed by atoms with Crippen LogP contribution in [0.1, 0.15) is 110 Å². The van der Waals surface area contributed by atoms with E-state index in [-0.39, 0.29) is 0 Å². The Hall–Kier alpha value is -0.0800. The Balaban J connectivity index is 3.10. The summed E-state index contributed by atoms with van der Waals surface area (Å²) >= 11 is 0. The van der Waals surface area contributed by atoms with Crippen LogP contribution in [0.2, 0.25) is 0 Å². The molecule has 0 aromatic rings. The molecule has 0 aromatic heterocycles. The van der Waals surface area contributed by atoms with Gasteiger partial charge in [-0.05, 0) is 32.4 Å². The van der Waals surface area contributed by atoms with Crippen LogP contribution >= 0.6 is 0 Å². The molecule has 0 spiro atoms. The molecule has 3 N–H and O–H groups in total. The summed E-state index contributed by atoms with van der Waals surface area (Å²) in [6.07, 6.45) is 20.5. The zero-order valence-corrected chi connectivity index (χ0v) is 15.7. The second-order valence-corrected chi connectivity index (χ2v) is 6.93. The number of nitrogens with two attached hydrogens (primary N) is 1. The zero-order valence-electron chi connectivity index (χ0n) is 15.7. The van der Waals surface area contributed by atoms with Crippen molar-refractivity contribution in [3.63, 3.8) is 0 Å². The monoisotopic (exact) mass is 312 g/mol. The van der Waals surface area contributed by atoms with Gasteiger partial charge in [0.2, 0.25) is 0 Å². The van der Waals surface area contributed by atoms with Crippen LogP contribution < -0.4 is 11.1 Å². The first-order valence-corrected chi connectivity index (χ1v) is 10.3. The second kappa shape index (κ2) is 19.0. The maximum absolute atomic E-state index is 6.22. The minimum Gasteiger partial charge on any atom is -0.328 e. The molecule has 0 bridgehead atoms. The second-order valence-electron chi connectivity index (χ2n) is 6.93. The number of hydrogen-bond donors (Lipinski definition) is 2. The highest BCUT2D eigenvalue weighted by Crippen LogP contribution is 2.13. The first-order valence-electron chi connectivity index (χ1n) is 10.3. The third kappa shape index (κ3) is 18.0. The summed E-state index contributed by atoms with van der Waals surface area (Å²) in [5.41, 5.74) is 6.22. The van der Waals surface area contributed by atoms with Crippen molar-refractivity contribution in [2.45, 2.75) is 116 Å². The molecule has 0 radical (unpaired) electrons. The Morgan fingerprint density at radius 3 is 1.59 bits per heavy atom. The molecule has 22 heavy (non-hydrogen) atoms. The summed E-state index contributed by atoms with van der Waals surface area (Å²) in [4.78, 5) is 0. The fraction of sp³-hybridized carbons (Fsp3) is 1.00. The Morgan fingerprint density at radius 1 is 0.636 bits per heavy atom. The molecular weight excluding hydrogens is 268 g/mol. The van der Waals surface area contributed by atoms with Gasteiger partial charge in [-0.3, -0.25) is 0 Å². The van der Waals surface area contributed by atoms with Gasteiger partial charge in [0.15, 0.2) is 0 Å². The predicted octanol–water partition coefficient (Wildman–Crippen LogP) is 5.79. The van der Waals surface area contributed by atoms with Gasteiger partial charge < -0.3 is 11.1 Å². The van der Waals surface area contributed by atoms with Gasteiger partial charge in [0, 0.05) is 6.04 Å². The summed E-state index contributed by atoms with van der Waals surface area (Å²) in [6.45, 7) is 6.76. The van der Waals surface area contributed by atoms with Gasteiger partial charge in [-0.1, -0.05) is 90.9 Å². The van der Waals surface area contributed by atoms with Gasteiger partial charge in [0.25, 0.3) is 0 Å². The van der Waals surface area contributed by atoms with Crippen LogP contribution in [0.3, 0.4) is 0 Å². The van der Waals surface area contributed by atoms with Gasteiger partial charge in [-0.2, -0.15) is 0 Å². The van der Waals surface area contributed by atoms with Gasteiger partial charge in [0.1, 0.15) is 0 Å². The van der Waals surface area contributed by atoms with E-state index in [1.807, 2.05) is 0 Å². The Labute approximate surface area is 141 Å². The van der Waals surface area contributed by atoms with Gasteiger partial charge in [0.05, 0.1) is 0 Å². The first kappa shape index (κ1) is 21.9. The maximum Gasteiger partial charge on any atom is 0.00388 e. The van der Waals surface area contributed by atoms with Crippen LogP contribution in [0.15, 0.2) is 0 Å². The third-order valence-corrected chi connectivity index (χ3v) is 4.61. The van der Waals surface area contributed by atoms with E-state index in [1.54, 1.807) is 0 Å². The fourth-order valence-corrected chi connectivity index (χ4v) is 3.05. The van der Waals surface area contributed by atoms with E-state index in [9.17, 15) is 0 Å². The molecule has 2 nitrogen and oxygen atoms in total. The lowest BCUT2D eigenvalue weighted by atomic mass is 10.0. The molecule has 2 heteroatoms. The van der Waals surface area contributed by atoms with Crippen LogP contribution in [0.25, 0.3) is 0 Å². The molecule has 134 valence electrons. The van der Waals surface area contributed by atoms with Gasteiger partial charge in [-0.25, -0.2) is 0 Å². The molecular formula is C20H44N2. The highest BCUT2D eigenvalue weighted by Gasteiger charge is 2.02. The average Bonchev–Trinajstić information content (AvgIpc) is 2.52. The van der Waals surface area contributed by atoms with E-state index in [0.29, 0.717) is 6.04 Å². The minimum absolute atomic E-state index is 0.464. The smallest absolute Gasteiger partial charge is 0.00388 e. The molecule has 1 unspecified atom stereocenters. The highest BCUT2D eigenvalue weighted by atomic mass is 14.8. The molecule has 0 aliphatic rings. The third-order valence-electron chi connectivity index (χ3n) is 4.61.